The van der Waals surface area contributed by atoms with Crippen molar-refractivity contribution < 1.29 is 8.85 Å². The largest absolute Gasteiger partial charge is 0.397 e. The molecule has 1 aliphatic heterocycles. The van der Waals surface area contributed by atoms with Crippen molar-refractivity contribution >= 4 is 17.5 Å². The van der Waals surface area contributed by atoms with E-state index in [-0.39, 0.29) is 0 Å². The van der Waals surface area contributed by atoms with Crippen LogP contribution in [0.3, 0.4) is 0 Å². The van der Waals surface area contributed by atoms with E-state index in [0.717, 1.165) is 48.7 Å². The number of nitrogens with zero attached hydrogens (tertiary/aromatic N) is 2. The predicted octanol–water partition coefficient (Wildman–Crippen LogP) is 5.49. The Morgan fingerprint density at radius 1 is 0.759 bits per heavy atom. The monoisotopic (exact) mass is 444 g/mol. The van der Waals surface area contributed by atoms with E-state index >= 15 is 0 Å². The molecule has 0 aliphatic carbocycles. The first-order valence-corrected chi connectivity index (χ1v) is 16.3. The van der Waals surface area contributed by atoms with E-state index in [0.29, 0.717) is 5.92 Å². The third-order valence-corrected chi connectivity index (χ3v) is 16.4. The van der Waals surface area contributed by atoms with Crippen molar-refractivity contribution in [3.8, 4) is 0 Å². The summed E-state index contributed by atoms with van der Waals surface area (Å²) in [5, 5.41) is 0. The first-order chi connectivity index (χ1) is 13.7. The number of hydrogen-bond donors (Lipinski definition) is 0. The zero-order valence-corrected chi connectivity index (χ0v) is 23.3. The van der Waals surface area contributed by atoms with E-state index in [2.05, 4.69) is 71.8 Å². The molecule has 0 N–H and O–H groups in total. The maximum atomic E-state index is 6.09. The molecule has 0 spiro atoms. The van der Waals surface area contributed by atoms with Gasteiger partial charge in [0.25, 0.3) is 0 Å². The Morgan fingerprint density at radius 2 is 1.21 bits per heavy atom. The fraction of sp³-hybridized carbons (Fsp3) is 1.00. The number of rotatable bonds is 14. The van der Waals surface area contributed by atoms with Crippen LogP contribution < -0.4 is 0 Å². The molecule has 1 aliphatic rings. The normalized spacial score (nSPS) is 18.5. The van der Waals surface area contributed by atoms with Gasteiger partial charge in [-0.1, -0.05) is 62.3 Å². The van der Waals surface area contributed by atoms with Gasteiger partial charge in [-0.2, -0.15) is 0 Å². The zero-order valence-electron chi connectivity index (χ0n) is 21.2. The SMILES string of the molecule is CCCO[SiH](CC(C)CN1CCN([Si](C(C)C)(C(C)C)C(C)C)CC1)OCCC. The fourth-order valence-electron chi connectivity index (χ4n) is 5.94. The van der Waals surface area contributed by atoms with E-state index in [1.807, 2.05) is 0 Å². The van der Waals surface area contributed by atoms with Gasteiger partial charge in [-0.3, -0.25) is 0 Å². The minimum Gasteiger partial charge on any atom is -0.397 e. The Hall–Kier alpha value is 0.274. The third kappa shape index (κ3) is 7.72. The Bertz CT molecular complexity index is 397. The van der Waals surface area contributed by atoms with E-state index < -0.39 is 17.5 Å². The molecule has 1 heterocycles. The molecule has 1 unspecified atom stereocenters. The van der Waals surface area contributed by atoms with Crippen molar-refractivity contribution in [2.45, 2.75) is 97.8 Å². The summed E-state index contributed by atoms with van der Waals surface area (Å²) in [6, 6.07) is 1.14. The van der Waals surface area contributed by atoms with E-state index in [1.54, 1.807) is 0 Å². The van der Waals surface area contributed by atoms with Crippen LogP contribution in [0.1, 0.15) is 75.2 Å². The summed E-state index contributed by atoms with van der Waals surface area (Å²) in [4.78, 5) is 2.70. The first-order valence-electron chi connectivity index (χ1n) is 12.4. The lowest BCUT2D eigenvalue weighted by Crippen LogP contribution is -2.65. The van der Waals surface area contributed by atoms with Crippen molar-refractivity contribution in [3.05, 3.63) is 0 Å². The Morgan fingerprint density at radius 3 is 1.59 bits per heavy atom. The van der Waals surface area contributed by atoms with Crippen LogP contribution in [0, 0.1) is 5.92 Å². The lowest BCUT2D eigenvalue weighted by atomic mass is 10.2. The quantitative estimate of drug-likeness (QED) is 0.331. The van der Waals surface area contributed by atoms with Crippen LogP contribution in [0.25, 0.3) is 0 Å². The number of hydrogen-bond acceptors (Lipinski definition) is 4. The standard InChI is InChI=1S/C23H52N2O2Si2/c1-10-16-26-28(27-17-11-2)19-23(9)18-24-12-14-25(15-13-24)29(20(3)4,21(5)6)22(7)8/h20-23,28H,10-19H2,1-9H3. The molecular weight excluding hydrogens is 392 g/mol. The highest BCUT2D eigenvalue weighted by atomic mass is 28.3. The lowest BCUT2D eigenvalue weighted by molar-refractivity contribution is 0.154. The van der Waals surface area contributed by atoms with Gasteiger partial charge in [0.15, 0.2) is 0 Å². The average molecular weight is 445 g/mol. The molecule has 0 aromatic carbocycles. The third-order valence-electron chi connectivity index (χ3n) is 6.88. The molecule has 0 aromatic heterocycles. The highest BCUT2D eigenvalue weighted by Gasteiger charge is 2.48. The van der Waals surface area contributed by atoms with Gasteiger partial charge in [0, 0.05) is 45.9 Å². The van der Waals surface area contributed by atoms with Crippen LogP contribution in [0.2, 0.25) is 22.7 Å². The van der Waals surface area contributed by atoms with Gasteiger partial charge in [0.05, 0.1) is 0 Å². The van der Waals surface area contributed by atoms with Crippen molar-refractivity contribution in [1.82, 2.24) is 9.47 Å². The summed E-state index contributed by atoms with van der Waals surface area (Å²) in [7, 11) is -2.99. The molecule has 0 aromatic rings. The first kappa shape index (κ1) is 27.3. The summed E-state index contributed by atoms with van der Waals surface area (Å²) in [5.41, 5.74) is 2.43. The summed E-state index contributed by atoms with van der Waals surface area (Å²) < 4.78 is 15.1. The molecule has 6 heteroatoms. The summed E-state index contributed by atoms with van der Waals surface area (Å²) >= 11 is 0. The maximum absolute atomic E-state index is 6.09. The number of piperazine rings is 1. The molecule has 4 nitrogen and oxygen atoms in total. The van der Waals surface area contributed by atoms with Crippen LogP contribution >= 0.6 is 0 Å². The Balaban J connectivity index is 2.60. The smallest absolute Gasteiger partial charge is 0.321 e. The van der Waals surface area contributed by atoms with Crippen LogP contribution in [0.15, 0.2) is 0 Å². The van der Waals surface area contributed by atoms with Gasteiger partial charge >= 0.3 is 9.28 Å². The molecule has 1 saturated heterocycles. The van der Waals surface area contributed by atoms with E-state index in [1.165, 1.54) is 32.7 Å². The molecule has 1 fully saturated rings. The predicted molar refractivity (Wildman–Crippen MR) is 133 cm³/mol. The Labute approximate surface area is 185 Å². The van der Waals surface area contributed by atoms with Crippen LogP contribution in [-0.2, 0) is 8.85 Å². The molecule has 174 valence electrons. The molecular formula is C23H52N2O2Si2. The topological polar surface area (TPSA) is 24.9 Å². The molecule has 0 radical (unpaired) electrons. The highest BCUT2D eigenvalue weighted by Crippen LogP contribution is 2.44. The van der Waals surface area contributed by atoms with Gasteiger partial charge in [0.2, 0.25) is 0 Å². The van der Waals surface area contributed by atoms with Crippen molar-refractivity contribution in [2.24, 2.45) is 5.92 Å². The van der Waals surface area contributed by atoms with Crippen LogP contribution in [0.4, 0.5) is 0 Å². The highest BCUT2D eigenvalue weighted by molar-refractivity contribution is 6.81. The van der Waals surface area contributed by atoms with Crippen molar-refractivity contribution in [2.75, 3.05) is 45.9 Å². The van der Waals surface area contributed by atoms with Gasteiger partial charge in [-0.05, 0) is 41.4 Å². The van der Waals surface area contributed by atoms with Crippen LogP contribution in [0.5, 0.6) is 0 Å². The maximum Gasteiger partial charge on any atom is 0.321 e. The molecule has 29 heavy (non-hydrogen) atoms. The minimum absolute atomic E-state index is 0.661. The second kappa shape index (κ2) is 13.6. The lowest BCUT2D eigenvalue weighted by Gasteiger charge is -2.54. The van der Waals surface area contributed by atoms with Gasteiger partial charge in [0.1, 0.15) is 8.24 Å². The second-order valence-corrected chi connectivity index (χ2v) is 18.0. The molecule has 0 bridgehead atoms. The summed E-state index contributed by atoms with van der Waals surface area (Å²) in [5.74, 6) is 0.661. The average Bonchev–Trinajstić information content (AvgIpc) is 2.64. The fourth-order valence-corrected chi connectivity index (χ4v) is 15.3. The van der Waals surface area contributed by atoms with Gasteiger partial charge < -0.3 is 18.3 Å². The molecule has 1 atom stereocenters. The van der Waals surface area contributed by atoms with E-state index in [9.17, 15) is 0 Å². The molecule has 0 saturated carbocycles. The van der Waals surface area contributed by atoms with Gasteiger partial charge in [-0.15, -0.1) is 0 Å². The summed E-state index contributed by atoms with van der Waals surface area (Å²) in [6.45, 7) is 29.5. The second-order valence-electron chi connectivity index (χ2n) is 10.2. The van der Waals surface area contributed by atoms with Crippen molar-refractivity contribution in [3.63, 3.8) is 0 Å². The van der Waals surface area contributed by atoms with Gasteiger partial charge in [-0.25, -0.2) is 0 Å². The molecule has 1 rings (SSSR count). The Kier molecular flexibility index (Phi) is 12.8. The summed E-state index contributed by atoms with van der Waals surface area (Å²) in [6.07, 6.45) is 2.17. The minimum atomic E-state index is -1.51. The zero-order chi connectivity index (χ0) is 22.0. The van der Waals surface area contributed by atoms with Crippen LogP contribution in [-0.4, -0.2) is 72.9 Å². The van der Waals surface area contributed by atoms with E-state index in [4.69, 9.17) is 8.85 Å². The van der Waals surface area contributed by atoms with Crippen molar-refractivity contribution in [1.29, 1.82) is 0 Å². The molecule has 0 amide bonds.